The Bertz CT molecular complexity index is 1010. The van der Waals surface area contributed by atoms with Crippen LogP contribution in [0.25, 0.3) is 0 Å². The van der Waals surface area contributed by atoms with Crippen LogP contribution in [0.4, 0.5) is 0 Å². The van der Waals surface area contributed by atoms with Crippen LogP contribution >= 0.6 is 0 Å². The highest BCUT2D eigenvalue weighted by Gasteiger charge is 2.47. The fourth-order valence-electron chi connectivity index (χ4n) is 3.62. The molecule has 0 spiro atoms. The van der Waals surface area contributed by atoms with Gasteiger partial charge in [0.15, 0.2) is 6.29 Å². The number of rotatable bonds is 10. The van der Waals surface area contributed by atoms with Gasteiger partial charge < -0.3 is 29.2 Å². The average molecular weight is 453 g/mol. The van der Waals surface area contributed by atoms with Crippen LogP contribution in [-0.4, -0.2) is 47.5 Å². The van der Waals surface area contributed by atoms with E-state index >= 15 is 0 Å². The van der Waals surface area contributed by atoms with E-state index in [1.54, 1.807) is 48.5 Å². The van der Waals surface area contributed by atoms with E-state index in [1.807, 2.05) is 42.5 Å². The van der Waals surface area contributed by atoms with Crippen molar-refractivity contribution >= 4 is 0 Å². The molecule has 2 N–H and O–H groups in total. The molecule has 1 aliphatic rings. The molecule has 1 heterocycles. The van der Waals surface area contributed by atoms with Gasteiger partial charge in [0.2, 0.25) is 0 Å². The second-order valence-corrected chi connectivity index (χ2v) is 7.77. The Morgan fingerprint density at radius 2 is 1.18 bits per heavy atom. The number of aliphatic hydroxyl groups is 2. The maximum atomic E-state index is 11.3. The molecule has 6 nitrogen and oxygen atoms in total. The van der Waals surface area contributed by atoms with Crippen LogP contribution in [0.3, 0.4) is 0 Å². The normalized spacial score (nSPS) is 27.9. The first kappa shape index (κ1) is 21.0. The molecule has 3 aromatic rings. The average Bonchev–Trinajstić information content (AvgIpc) is 2.91. The molecule has 33 heavy (non-hydrogen) atoms. The third-order valence-corrected chi connectivity index (χ3v) is 5.38. The Hall–Kier alpha value is -2.58. The zero-order valence-electron chi connectivity index (χ0n) is 20.1. The van der Waals surface area contributed by atoms with Gasteiger partial charge in [-0.25, -0.2) is 0 Å². The highest BCUT2D eigenvalue weighted by molar-refractivity contribution is 5.15. The van der Waals surface area contributed by atoms with E-state index in [-0.39, 0.29) is 6.61 Å². The van der Waals surface area contributed by atoms with E-state index < -0.39 is 50.5 Å². The third kappa shape index (κ3) is 6.48. The number of ether oxygens (including phenoxy) is 4. The van der Waals surface area contributed by atoms with Gasteiger partial charge in [-0.15, -0.1) is 0 Å². The Balaban J connectivity index is 1.54. The highest BCUT2D eigenvalue weighted by Crippen LogP contribution is 2.28. The van der Waals surface area contributed by atoms with Crippen molar-refractivity contribution in [1.82, 2.24) is 0 Å². The van der Waals surface area contributed by atoms with Crippen molar-refractivity contribution in [3.63, 3.8) is 0 Å². The lowest BCUT2D eigenvalue weighted by atomic mass is 9.98. The van der Waals surface area contributed by atoms with Gasteiger partial charge in [-0.2, -0.15) is 0 Å². The second-order valence-electron chi connectivity index (χ2n) is 7.77. The molecule has 1 fully saturated rings. The first-order valence-electron chi connectivity index (χ1n) is 12.1. The summed E-state index contributed by atoms with van der Waals surface area (Å²) in [6.07, 6.45) is -5.53. The molecule has 1 aliphatic heterocycles. The molecule has 0 amide bonds. The Labute approximate surface area is 197 Å². The van der Waals surface area contributed by atoms with Crippen LogP contribution in [0.15, 0.2) is 91.0 Å². The maximum absolute atomic E-state index is 11.3. The lowest BCUT2D eigenvalue weighted by Gasteiger charge is -2.43. The molecule has 3 unspecified atom stereocenters. The van der Waals surface area contributed by atoms with Crippen molar-refractivity contribution in [3.8, 4) is 0 Å². The van der Waals surface area contributed by atoms with Gasteiger partial charge in [0, 0.05) is 0 Å². The fourth-order valence-corrected chi connectivity index (χ4v) is 3.62. The van der Waals surface area contributed by atoms with Crippen LogP contribution in [-0.2, 0) is 38.7 Å². The lowest BCUT2D eigenvalue weighted by Crippen LogP contribution is -2.60. The van der Waals surface area contributed by atoms with Crippen LogP contribution in [0, 0.1) is 0 Å². The van der Waals surface area contributed by atoms with Gasteiger partial charge in [0.1, 0.15) is 24.4 Å². The molecule has 6 heteroatoms. The molecule has 0 aromatic heterocycles. The fraction of sp³-hybridized carbons (Fsp3) is 0.333. The van der Waals surface area contributed by atoms with Crippen molar-refractivity contribution in [2.75, 3.05) is 6.61 Å². The molecule has 174 valence electrons. The summed E-state index contributed by atoms with van der Waals surface area (Å²) in [7, 11) is 0. The van der Waals surface area contributed by atoms with Crippen molar-refractivity contribution < 1.29 is 31.9 Å². The van der Waals surface area contributed by atoms with Crippen LogP contribution in [0.5, 0.6) is 0 Å². The minimum absolute atomic E-state index is 0.181. The van der Waals surface area contributed by atoms with E-state index in [0.29, 0.717) is 11.1 Å². The SMILES string of the molecule is [2H]C(O[C@H]1[C@H](O)[C@H](OC([2H])c2ccccc2)C(OCc2ccccc2)O[C@@H]1CO)c1ccccc1. The number of hydrogen-bond acceptors (Lipinski definition) is 6. The van der Waals surface area contributed by atoms with E-state index in [1.165, 1.54) is 0 Å². The van der Waals surface area contributed by atoms with Gasteiger partial charge in [-0.3, -0.25) is 0 Å². The zero-order valence-corrected chi connectivity index (χ0v) is 18.1. The molecule has 0 radical (unpaired) electrons. The minimum atomic E-state index is -1.32. The molecule has 0 aliphatic carbocycles. The molecular weight excluding hydrogens is 420 g/mol. The van der Waals surface area contributed by atoms with Crippen LogP contribution < -0.4 is 0 Å². The van der Waals surface area contributed by atoms with Crippen LogP contribution in [0.2, 0.25) is 0 Å². The quantitative estimate of drug-likeness (QED) is 0.491. The minimum Gasteiger partial charge on any atom is -0.394 e. The summed E-state index contributed by atoms with van der Waals surface area (Å²) in [5, 5.41) is 21.3. The molecule has 1 saturated heterocycles. The molecule has 4 rings (SSSR count). The highest BCUT2D eigenvalue weighted by atomic mass is 16.7. The molecule has 7 atom stereocenters. The van der Waals surface area contributed by atoms with Gasteiger partial charge in [0.25, 0.3) is 0 Å². The lowest BCUT2D eigenvalue weighted by molar-refractivity contribution is -0.321. The number of benzene rings is 3. The summed E-state index contributed by atoms with van der Waals surface area (Å²) in [5.41, 5.74) is 2.09. The summed E-state index contributed by atoms with van der Waals surface area (Å²) in [6.45, 7) is -2.50. The Morgan fingerprint density at radius 3 is 1.70 bits per heavy atom. The van der Waals surface area contributed by atoms with E-state index in [2.05, 4.69) is 0 Å². The van der Waals surface area contributed by atoms with E-state index in [0.717, 1.165) is 5.56 Å². The smallest absolute Gasteiger partial charge is 0.187 e. The standard InChI is InChI=1S/C27H30O6/c28-16-23-25(30-17-20-10-4-1-5-11-20)24(29)26(31-18-21-12-6-2-7-13-21)27(33-23)32-19-22-14-8-3-9-15-22/h1-15,23-29H,16-19H2/t23-,24+,25-,26+,27?/m1/s1/i17D,18D/t17?,18?,23-,24+,25-,26+,27?. The summed E-state index contributed by atoms with van der Waals surface area (Å²) >= 11 is 0. The van der Waals surface area contributed by atoms with Gasteiger partial charge in [-0.05, 0) is 16.7 Å². The summed E-state index contributed by atoms with van der Waals surface area (Å²) in [5.74, 6) is 0. The molecule has 0 saturated carbocycles. The first-order chi connectivity index (χ1) is 17.1. The van der Waals surface area contributed by atoms with Gasteiger partial charge in [0.05, 0.1) is 29.1 Å². The zero-order chi connectivity index (χ0) is 24.6. The Kier molecular flexibility index (Phi) is 7.66. The maximum Gasteiger partial charge on any atom is 0.187 e. The number of aliphatic hydroxyl groups excluding tert-OH is 2. The summed E-state index contributed by atoms with van der Waals surface area (Å²) in [4.78, 5) is 0. The monoisotopic (exact) mass is 452 g/mol. The van der Waals surface area contributed by atoms with E-state index in [9.17, 15) is 10.2 Å². The van der Waals surface area contributed by atoms with Gasteiger partial charge in [-0.1, -0.05) is 91.0 Å². The first-order valence-corrected chi connectivity index (χ1v) is 10.9. The third-order valence-electron chi connectivity index (χ3n) is 5.38. The van der Waals surface area contributed by atoms with Crippen molar-refractivity contribution in [2.45, 2.75) is 50.5 Å². The Morgan fingerprint density at radius 1 is 0.697 bits per heavy atom. The van der Waals surface area contributed by atoms with Crippen molar-refractivity contribution in [1.29, 1.82) is 0 Å². The summed E-state index contributed by atoms with van der Waals surface area (Å²) < 4.78 is 40.6. The largest absolute Gasteiger partial charge is 0.394 e. The topological polar surface area (TPSA) is 77.4 Å². The van der Waals surface area contributed by atoms with Crippen molar-refractivity contribution in [2.24, 2.45) is 0 Å². The predicted octanol–water partition coefficient (Wildman–Crippen LogP) is 3.45. The summed E-state index contributed by atoms with van der Waals surface area (Å²) in [6, 6.07) is 27.3. The van der Waals surface area contributed by atoms with Crippen LogP contribution in [0.1, 0.15) is 19.4 Å². The van der Waals surface area contributed by atoms with Crippen molar-refractivity contribution in [3.05, 3.63) is 108 Å². The molecule has 3 aromatic carbocycles. The van der Waals surface area contributed by atoms with Gasteiger partial charge >= 0.3 is 0 Å². The second kappa shape index (κ2) is 12.0. The van der Waals surface area contributed by atoms with E-state index in [4.69, 9.17) is 21.7 Å². The molecular formula is C27H30O6. The predicted molar refractivity (Wildman–Crippen MR) is 123 cm³/mol. The number of hydrogen-bond donors (Lipinski definition) is 2. The molecule has 0 bridgehead atoms.